The highest BCUT2D eigenvalue weighted by Crippen LogP contribution is 2.49. The molecule has 1 aliphatic carbocycles. The lowest BCUT2D eigenvalue weighted by molar-refractivity contribution is -0.325. The van der Waals surface area contributed by atoms with E-state index in [0.29, 0.717) is 4.90 Å². The summed E-state index contributed by atoms with van der Waals surface area (Å²) in [6, 6.07) is 24.4. The van der Waals surface area contributed by atoms with Gasteiger partial charge in [0, 0.05) is 57.8 Å². The van der Waals surface area contributed by atoms with Crippen LogP contribution in [0.15, 0.2) is 125 Å². The molecule has 0 atom stereocenters. The van der Waals surface area contributed by atoms with E-state index >= 15 is 0 Å². The summed E-state index contributed by atoms with van der Waals surface area (Å²) in [7, 11) is -2.08. The molecule has 2 aliphatic heterocycles. The van der Waals surface area contributed by atoms with Crippen LogP contribution in [-0.4, -0.2) is 38.2 Å². The number of nitrogens with zero attached hydrogens (tertiary/aromatic N) is 3. The fraction of sp³-hybridized carbons (Fsp3) is 0.341. The van der Waals surface area contributed by atoms with E-state index in [4.69, 9.17) is 0 Å². The summed E-state index contributed by atoms with van der Waals surface area (Å²) in [5.74, 6) is 0. The van der Waals surface area contributed by atoms with Crippen LogP contribution in [0.3, 0.4) is 0 Å². The van der Waals surface area contributed by atoms with Gasteiger partial charge in [0.1, 0.15) is 4.90 Å². The van der Waals surface area contributed by atoms with E-state index in [0.717, 1.165) is 48.4 Å². The third-order valence-electron chi connectivity index (χ3n) is 10.4. The molecule has 2 heterocycles. The number of benzene rings is 3. The Balaban J connectivity index is 1.49. The largest absolute Gasteiger partial charge is 0.395 e. The second-order valence-corrected chi connectivity index (χ2v) is 15.9. The summed E-state index contributed by atoms with van der Waals surface area (Å²) in [6.07, 6.45) is 10.3. The molecule has 6 heteroatoms. The fourth-order valence-electron chi connectivity index (χ4n) is 7.75. The summed E-state index contributed by atoms with van der Waals surface area (Å²) in [6.45, 7) is 17.2. The van der Waals surface area contributed by atoms with Crippen LogP contribution in [0.25, 0.3) is 0 Å². The Labute approximate surface area is 282 Å². The molecule has 0 unspecified atom stereocenters. The molecule has 1 saturated carbocycles. The van der Waals surface area contributed by atoms with Crippen LogP contribution >= 0.6 is 0 Å². The Morgan fingerprint density at radius 1 is 0.681 bits per heavy atom. The Morgan fingerprint density at radius 2 is 1.11 bits per heavy atom. The standard InChI is InChI=1S/C41H48N3O2S/c1-9-43-35-17-13-11-15-33(35)40(4,5)37(43)27-23-30-21-22-31(39(30)42(8)47(45,46)32-25-19-29(3)20-26-32)24-28-38-41(6,7)34-16-12-14-18-36(34)44(38)10-2/h11-20,23-28H,9-10,21-22H2,1-8H3/q+1. The highest BCUT2D eigenvalue weighted by atomic mass is 32.2. The second kappa shape index (κ2) is 12.1. The van der Waals surface area contributed by atoms with Gasteiger partial charge in [-0.1, -0.05) is 93.9 Å². The zero-order valence-electron chi connectivity index (χ0n) is 29.1. The molecule has 0 radical (unpaired) electrons. The van der Waals surface area contributed by atoms with Gasteiger partial charge in [-0.05, 0) is 81.2 Å². The van der Waals surface area contributed by atoms with Gasteiger partial charge in [-0.2, -0.15) is 8.42 Å². The van der Waals surface area contributed by atoms with Gasteiger partial charge >= 0.3 is 10.0 Å². The smallest absolute Gasteiger partial charge is 0.344 e. The molecule has 3 aromatic rings. The van der Waals surface area contributed by atoms with Gasteiger partial charge in [-0.25, -0.2) is 0 Å². The Kier molecular flexibility index (Phi) is 8.46. The van der Waals surface area contributed by atoms with Crippen molar-refractivity contribution in [1.82, 2.24) is 0 Å². The van der Waals surface area contributed by atoms with Crippen molar-refractivity contribution in [2.45, 2.75) is 77.0 Å². The van der Waals surface area contributed by atoms with Gasteiger partial charge in [-0.15, -0.1) is 3.98 Å². The van der Waals surface area contributed by atoms with Crippen molar-refractivity contribution in [2.24, 2.45) is 0 Å². The maximum Gasteiger partial charge on any atom is 0.395 e. The first kappa shape index (κ1) is 32.8. The van der Waals surface area contributed by atoms with E-state index in [2.05, 4.69) is 124 Å². The van der Waals surface area contributed by atoms with Crippen molar-refractivity contribution in [3.8, 4) is 0 Å². The number of rotatable bonds is 6. The monoisotopic (exact) mass is 646 g/mol. The van der Waals surface area contributed by atoms with Crippen molar-refractivity contribution in [3.05, 3.63) is 136 Å². The molecular weight excluding hydrogens is 599 g/mol. The molecule has 244 valence electrons. The Hall–Kier alpha value is -4.16. The van der Waals surface area contributed by atoms with Gasteiger partial charge in [0.25, 0.3) is 0 Å². The van der Waals surface area contributed by atoms with E-state index in [1.54, 1.807) is 19.2 Å². The SMILES string of the molecule is CCN1/C(=C/C=C2\CC/C(=C\C=C3\N(CC)c4ccccc4C3(C)C)C2=[N+](C)S(=O)(=O)c2ccc(C)cc2)C(C)(C)c2ccccc21. The molecule has 0 N–H and O–H groups in total. The minimum absolute atomic E-state index is 0.169. The lowest BCUT2D eigenvalue weighted by Crippen LogP contribution is -2.27. The maximum atomic E-state index is 14.1. The average molecular weight is 647 g/mol. The Bertz CT molecular complexity index is 1890. The molecule has 3 aromatic carbocycles. The number of para-hydroxylation sites is 2. The summed E-state index contributed by atoms with van der Waals surface area (Å²) in [4.78, 5) is 5.07. The number of hydrogen-bond acceptors (Lipinski definition) is 4. The molecule has 5 nitrogen and oxygen atoms in total. The van der Waals surface area contributed by atoms with Gasteiger partial charge in [0.05, 0.1) is 0 Å². The molecular formula is C41H48N3O2S+. The Morgan fingerprint density at radius 3 is 1.53 bits per heavy atom. The molecule has 0 bridgehead atoms. The predicted octanol–water partition coefficient (Wildman–Crippen LogP) is 8.82. The minimum Gasteiger partial charge on any atom is -0.344 e. The zero-order valence-corrected chi connectivity index (χ0v) is 29.9. The quantitative estimate of drug-likeness (QED) is 0.251. The molecule has 0 spiro atoms. The number of anilines is 2. The maximum absolute atomic E-state index is 14.1. The highest BCUT2D eigenvalue weighted by molar-refractivity contribution is 7.85. The topological polar surface area (TPSA) is 43.6 Å². The molecule has 0 amide bonds. The number of fused-ring (bicyclic) bond motifs is 2. The fourth-order valence-corrected chi connectivity index (χ4v) is 9.02. The minimum atomic E-state index is -3.79. The van der Waals surface area contributed by atoms with Gasteiger partial charge < -0.3 is 9.80 Å². The van der Waals surface area contributed by atoms with Crippen molar-refractivity contribution < 1.29 is 12.4 Å². The number of hydrogen-bond donors (Lipinski definition) is 0. The zero-order chi connectivity index (χ0) is 33.7. The molecule has 0 aromatic heterocycles. The van der Waals surface area contributed by atoms with Gasteiger partial charge in [0.2, 0.25) is 5.71 Å². The first-order chi connectivity index (χ1) is 22.3. The van der Waals surface area contributed by atoms with Crippen molar-refractivity contribution in [1.29, 1.82) is 0 Å². The van der Waals surface area contributed by atoms with Crippen LogP contribution in [0.1, 0.15) is 71.1 Å². The van der Waals surface area contributed by atoms with E-state index in [1.807, 2.05) is 19.1 Å². The van der Waals surface area contributed by atoms with E-state index in [1.165, 1.54) is 37.9 Å². The summed E-state index contributed by atoms with van der Waals surface area (Å²) in [5, 5.41) is 0. The highest BCUT2D eigenvalue weighted by Gasteiger charge is 2.41. The van der Waals surface area contributed by atoms with Crippen molar-refractivity contribution in [2.75, 3.05) is 29.9 Å². The third-order valence-corrected chi connectivity index (χ3v) is 12.2. The van der Waals surface area contributed by atoms with E-state index in [-0.39, 0.29) is 10.8 Å². The third kappa shape index (κ3) is 5.41. The average Bonchev–Trinajstić information content (AvgIpc) is 3.63. The number of allylic oxidation sites excluding steroid dienone is 8. The predicted molar refractivity (Wildman–Crippen MR) is 196 cm³/mol. The summed E-state index contributed by atoms with van der Waals surface area (Å²) in [5.41, 5.74) is 11.1. The number of likely N-dealkylation sites (N-methyl/N-ethyl adjacent to an activating group) is 2. The number of sulfonamides is 1. The van der Waals surface area contributed by atoms with Crippen LogP contribution in [-0.2, 0) is 20.9 Å². The first-order valence-electron chi connectivity index (χ1n) is 16.8. The molecule has 0 saturated heterocycles. The molecule has 1 fully saturated rings. The number of aryl methyl sites for hydroxylation is 1. The van der Waals surface area contributed by atoms with Crippen LogP contribution in [0.2, 0.25) is 0 Å². The van der Waals surface area contributed by atoms with Crippen molar-refractivity contribution in [3.63, 3.8) is 0 Å². The first-order valence-corrected chi connectivity index (χ1v) is 18.3. The summed E-state index contributed by atoms with van der Waals surface area (Å²) >= 11 is 0. The lowest BCUT2D eigenvalue weighted by Gasteiger charge is -2.26. The molecule has 6 rings (SSSR count). The second-order valence-electron chi connectivity index (χ2n) is 13.9. The molecule has 3 aliphatic rings. The molecule has 47 heavy (non-hydrogen) atoms. The normalized spacial score (nSPS) is 21.7. The van der Waals surface area contributed by atoms with Crippen LogP contribution < -0.4 is 9.80 Å². The van der Waals surface area contributed by atoms with E-state index in [9.17, 15) is 8.42 Å². The van der Waals surface area contributed by atoms with Gasteiger partial charge in [-0.3, -0.25) is 0 Å². The summed E-state index contributed by atoms with van der Waals surface area (Å²) < 4.78 is 29.8. The van der Waals surface area contributed by atoms with Gasteiger partial charge in [0.15, 0.2) is 7.05 Å². The van der Waals surface area contributed by atoms with E-state index < -0.39 is 10.0 Å². The van der Waals surface area contributed by atoms with Crippen LogP contribution in [0, 0.1) is 6.92 Å². The van der Waals surface area contributed by atoms with Crippen LogP contribution in [0.5, 0.6) is 0 Å². The van der Waals surface area contributed by atoms with Crippen LogP contribution in [0.4, 0.5) is 11.4 Å². The lowest BCUT2D eigenvalue weighted by atomic mass is 9.83. The van der Waals surface area contributed by atoms with Crippen molar-refractivity contribution >= 4 is 27.1 Å².